The smallest absolute Gasteiger partial charge is 0.130 e. The summed E-state index contributed by atoms with van der Waals surface area (Å²) in [7, 11) is 2.04. The molecule has 0 atom stereocenters. The van der Waals surface area contributed by atoms with Crippen molar-refractivity contribution in [1.29, 1.82) is 0 Å². The van der Waals surface area contributed by atoms with E-state index in [9.17, 15) is 4.39 Å². The van der Waals surface area contributed by atoms with Gasteiger partial charge in [-0.2, -0.15) is 0 Å². The van der Waals surface area contributed by atoms with Crippen LogP contribution in [0.5, 0.6) is 0 Å². The Hall–Kier alpha value is -2.27. The molecule has 3 aromatic rings. The first-order valence-corrected chi connectivity index (χ1v) is 7.78. The first kappa shape index (κ1) is 15.6. The molecule has 5 heteroatoms. The van der Waals surface area contributed by atoms with Gasteiger partial charge >= 0.3 is 0 Å². The van der Waals surface area contributed by atoms with E-state index >= 15 is 0 Å². The third-order valence-electron chi connectivity index (χ3n) is 3.77. The van der Waals surface area contributed by atoms with E-state index in [4.69, 9.17) is 0 Å². The average molecular weight is 312 g/mol. The minimum atomic E-state index is -0.209. The van der Waals surface area contributed by atoms with Crippen LogP contribution < -0.4 is 0 Å². The Labute approximate surface area is 135 Å². The van der Waals surface area contributed by atoms with Crippen molar-refractivity contribution >= 4 is 10.9 Å². The monoisotopic (exact) mass is 312 g/mol. The first-order valence-electron chi connectivity index (χ1n) is 7.78. The quantitative estimate of drug-likeness (QED) is 0.778. The highest BCUT2D eigenvalue weighted by Gasteiger charge is 2.07. The molecule has 2 aromatic heterocycles. The molecule has 120 valence electrons. The molecule has 0 saturated carbocycles. The van der Waals surface area contributed by atoms with Gasteiger partial charge in [0, 0.05) is 53.6 Å². The Morgan fingerprint density at radius 2 is 1.87 bits per heavy atom. The Bertz CT molecular complexity index is 792. The number of benzene rings is 1. The summed E-state index contributed by atoms with van der Waals surface area (Å²) in [6.07, 6.45) is 3.78. The second kappa shape index (κ2) is 6.46. The normalized spacial score (nSPS) is 11.7. The van der Waals surface area contributed by atoms with Gasteiger partial charge in [-0.3, -0.25) is 4.90 Å². The molecule has 1 aromatic carbocycles. The molecule has 0 bridgehead atoms. The van der Waals surface area contributed by atoms with Crippen molar-refractivity contribution in [3.63, 3.8) is 0 Å². The molecule has 0 radical (unpaired) electrons. The van der Waals surface area contributed by atoms with Crippen molar-refractivity contribution in [2.45, 2.75) is 32.9 Å². The summed E-state index contributed by atoms with van der Waals surface area (Å²) in [5, 5.41) is 0.901. The van der Waals surface area contributed by atoms with Gasteiger partial charge in [0.25, 0.3) is 0 Å². The fraction of sp³-hybridized carbons (Fsp3) is 0.333. The van der Waals surface area contributed by atoms with E-state index in [1.54, 1.807) is 12.1 Å². The van der Waals surface area contributed by atoms with E-state index in [1.165, 1.54) is 6.07 Å². The number of halogens is 1. The van der Waals surface area contributed by atoms with Crippen LogP contribution in [0.25, 0.3) is 10.9 Å². The lowest BCUT2D eigenvalue weighted by Crippen LogP contribution is -2.18. The number of hydrogen-bond acceptors (Lipinski definition) is 3. The molecule has 0 unspecified atom stereocenters. The topological polar surface area (TPSA) is 44.8 Å². The number of hydrogen-bond donors (Lipinski definition) is 1. The summed E-state index contributed by atoms with van der Waals surface area (Å²) in [4.78, 5) is 14.3. The predicted octanol–water partition coefficient (Wildman–Crippen LogP) is 3.85. The van der Waals surface area contributed by atoms with Crippen LogP contribution in [-0.4, -0.2) is 26.9 Å². The SMILES string of the molecule is CC(C)c1ncc(CN(C)Cc2cc3cc(F)ccc3[nH]2)cn1. The van der Waals surface area contributed by atoms with Crippen molar-refractivity contribution in [1.82, 2.24) is 19.9 Å². The van der Waals surface area contributed by atoms with Crippen LogP contribution in [0.1, 0.15) is 36.8 Å². The Morgan fingerprint density at radius 1 is 1.13 bits per heavy atom. The van der Waals surface area contributed by atoms with Crippen LogP contribution in [0, 0.1) is 5.82 Å². The Kier molecular flexibility index (Phi) is 4.39. The van der Waals surface area contributed by atoms with Crippen molar-refractivity contribution < 1.29 is 4.39 Å². The molecule has 3 rings (SSSR count). The molecule has 0 amide bonds. The maximum Gasteiger partial charge on any atom is 0.130 e. The molecular weight excluding hydrogens is 291 g/mol. The van der Waals surface area contributed by atoms with E-state index in [0.29, 0.717) is 5.92 Å². The molecule has 4 nitrogen and oxygen atoms in total. The van der Waals surface area contributed by atoms with Gasteiger partial charge in [-0.05, 0) is 31.3 Å². The predicted molar refractivity (Wildman–Crippen MR) is 89.5 cm³/mol. The van der Waals surface area contributed by atoms with Crippen molar-refractivity contribution in [3.05, 3.63) is 59.6 Å². The fourth-order valence-corrected chi connectivity index (χ4v) is 2.65. The van der Waals surface area contributed by atoms with Gasteiger partial charge in [-0.25, -0.2) is 14.4 Å². The summed E-state index contributed by atoms with van der Waals surface area (Å²) < 4.78 is 13.2. The van der Waals surface area contributed by atoms with Crippen molar-refractivity contribution in [2.24, 2.45) is 0 Å². The average Bonchev–Trinajstić information content (AvgIpc) is 2.88. The van der Waals surface area contributed by atoms with Gasteiger partial charge in [0.1, 0.15) is 11.6 Å². The van der Waals surface area contributed by atoms with Gasteiger partial charge in [-0.15, -0.1) is 0 Å². The molecule has 0 aliphatic heterocycles. The van der Waals surface area contributed by atoms with Gasteiger partial charge in [-0.1, -0.05) is 13.8 Å². The van der Waals surface area contributed by atoms with Crippen LogP contribution in [0.2, 0.25) is 0 Å². The molecule has 1 N–H and O–H groups in total. The van der Waals surface area contributed by atoms with E-state index < -0.39 is 0 Å². The molecule has 23 heavy (non-hydrogen) atoms. The maximum atomic E-state index is 13.2. The summed E-state index contributed by atoms with van der Waals surface area (Å²) >= 11 is 0. The highest BCUT2D eigenvalue weighted by Crippen LogP contribution is 2.18. The standard InChI is InChI=1S/C18H21FN4/c1-12(2)18-20-8-13(9-21-18)10-23(3)11-16-7-14-6-15(19)4-5-17(14)22-16/h4-9,12,22H,10-11H2,1-3H3. The number of aromatic nitrogens is 3. The van der Waals surface area contributed by atoms with Gasteiger partial charge < -0.3 is 4.98 Å². The van der Waals surface area contributed by atoms with Gasteiger partial charge in [0.15, 0.2) is 0 Å². The summed E-state index contributed by atoms with van der Waals surface area (Å²) in [6.45, 7) is 5.68. The largest absolute Gasteiger partial charge is 0.357 e. The highest BCUT2D eigenvalue weighted by molar-refractivity contribution is 5.80. The lowest BCUT2D eigenvalue weighted by molar-refractivity contribution is 0.315. The van der Waals surface area contributed by atoms with Gasteiger partial charge in [0.05, 0.1) is 0 Å². The minimum Gasteiger partial charge on any atom is -0.357 e. The molecule has 0 aliphatic rings. The fourth-order valence-electron chi connectivity index (χ4n) is 2.65. The third kappa shape index (κ3) is 3.74. The molecule has 0 spiro atoms. The van der Waals surface area contributed by atoms with Crippen LogP contribution in [0.3, 0.4) is 0 Å². The second-order valence-electron chi connectivity index (χ2n) is 6.30. The number of nitrogens with one attached hydrogen (secondary N) is 1. The Balaban J connectivity index is 1.66. The number of aromatic amines is 1. The number of nitrogens with zero attached hydrogens (tertiary/aromatic N) is 3. The lowest BCUT2D eigenvalue weighted by Gasteiger charge is -2.15. The van der Waals surface area contributed by atoms with E-state index in [0.717, 1.165) is 41.1 Å². The summed E-state index contributed by atoms with van der Waals surface area (Å²) in [5.74, 6) is 1.00. The van der Waals surface area contributed by atoms with Crippen LogP contribution >= 0.6 is 0 Å². The van der Waals surface area contributed by atoms with E-state index in [1.807, 2.05) is 25.5 Å². The molecule has 2 heterocycles. The maximum absolute atomic E-state index is 13.2. The highest BCUT2D eigenvalue weighted by atomic mass is 19.1. The van der Waals surface area contributed by atoms with Crippen molar-refractivity contribution in [3.8, 4) is 0 Å². The first-order chi connectivity index (χ1) is 11.0. The number of fused-ring (bicyclic) bond motifs is 1. The van der Waals surface area contributed by atoms with E-state index in [-0.39, 0.29) is 5.82 Å². The summed E-state index contributed by atoms with van der Waals surface area (Å²) in [5.41, 5.74) is 3.10. The van der Waals surface area contributed by atoms with Gasteiger partial charge in [0.2, 0.25) is 0 Å². The second-order valence-corrected chi connectivity index (χ2v) is 6.30. The van der Waals surface area contributed by atoms with Crippen LogP contribution in [0.4, 0.5) is 4.39 Å². The molecular formula is C18H21FN4. The zero-order valence-corrected chi connectivity index (χ0v) is 13.7. The summed E-state index contributed by atoms with van der Waals surface area (Å²) in [6, 6.07) is 6.79. The van der Waals surface area contributed by atoms with Crippen LogP contribution in [0.15, 0.2) is 36.7 Å². The molecule has 0 saturated heterocycles. The number of rotatable bonds is 5. The zero-order valence-electron chi connectivity index (χ0n) is 13.7. The zero-order chi connectivity index (χ0) is 16.4. The Morgan fingerprint density at radius 3 is 2.57 bits per heavy atom. The third-order valence-corrected chi connectivity index (χ3v) is 3.77. The minimum absolute atomic E-state index is 0.209. The van der Waals surface area contributed by atoms with E-state index in [2.05, 4.69) is 33.7 Å². The lowest BCUT2D eigenvalue weighted by atomic mass is 10.2. The molecule has 0 fully saturated rings. The van der Waals surface area contributed by atoms with Crippen molar-refractivity contribution in [2.75, 3.05) is 7.05 Å². The number of H-pyrrole nitrogens is 1. The van der Waals surface area contributed by atoms with Crippen LogP contribution in [-0.2, 0) is 13.1 Å². The molecule has 0 aliphatic carbocycles.